The third kappa shape index (κ3) is 4.07. The van der Waals surface area contributed by atoms with Gasteiger partial charge in [0.2, 0.25) is 0 Å². The van der Waals surface area contributed by atoms with Gasteiger partial charge in [0.25, 0.3) is 0 Å². The lowest BCUT2D eigenvalue weighted by molar-refractivity contribution is -0.385. The highest BCUT2D eigenvalue weighted by molar-refractivity contribution is 5.57. The van der Waals surface area contributed by atoms with Crippen molar-refractivity contribution < 1.29 is 9.66 Å². The molecule has 21 heavy (non-hydrogen) atoms. The Kier molecular flexibility index (Phi) is 5.38. The molecule has 1 fully saturated rings. The highest BCUT2D eigenvalue weighted by Crippen LogP contribution is 2.29. The first-order valence-electron chi connectivity index (χ1n) is 7.42. The Morgan fingerprint density at radius 2 is 2.29 bits per heavy atom. The van der Waals surface area contributed by atoms with Crippen molar-refractivity contribution in [3.05, 3.63) is 28.3 Å². The van der Waals surface area contributed by atoms with Crippen LogP contribution in [0.5, 0.6) is 5.75 Å². The van der Waals surface area contributed by atoms with E-state index >= 15 is 0 Å². The van der Waals surface area contributed by atoms with Gasteiger partial charge in [-0.15, -0.1) is 0 Å². The van der Waals surface area contributed by atoms with Gasteiger partial charge in [0.15, 0.2) is 5.75 Å². The first kappa shape index (κ1) is 15.6. The molecule has 1 aliphatic rings. The second kappa shape index (κ2) is 7.26. The van der Waals surface area contributed by atoms with Gasteiger partial charge < -0.3 is 10.1 Å². The minimum Gasteiger partial charge on any atom is -0.490 e. The number of likely N-dealkylation sites (tertiary alicyclic amines) is 1. The number of nitro benzene ring substituents is 1. The molecule has 2 rings (SSSR count). The van der Waals surface area contributed by atoms with E-state index < -0.39 is 4.92 Å². The highest BCUT2D eigenvalue weighted by Gasteiger charge is 2.18. The number of nitrogens with zero attached hydrogens (tertiary/aromatic N) is 2. The summed E-state index contributed by atoms with van der Waals surface area (Å²) >= 11 is 0. The summed E-state index contributed by atoms with van der Waals surface area (Å²) in [6.45, 7) is 5.24. The first-order chi connectivity index (χ1) is 10.1. The fraction of sp³-hybridized carbons (Fsp3) is 0.600. The summed E-state index contributed by atoms with van der Waals surface area (Å²) in [6, 6.07) is 5.52. The van der Waals surface area contributed by atoms with Crippen LogP contribution < -0.4 is 10.1 Å². The van der Waals surface area contributed by atoms with Crippen molar-refractivity contribution in [1.29, 1.82) is 0 Å². The molecule has 0 amide bonds. The summed E-state index contributed by atoms with van der Waals surface area (Å²) < 4.78 is 5.07. The zero-order chi connectivity index (χ0) is 15.2. The van der Waals surface area contributed by atoms with Crippen LogP contribution in [0.2, 0.25) is 0 Å². The quantitative estimate of drug-likeness (QED) is 0.645. The molecule has 1 aromatic carbocycles. The monoisotopic (exact) mass is 293 g/mol. The number of benzene rings is 1. The zero-order valence-electron chi connectivity index (χ0n) is 12.7. The van der Waals surface area contributed by atoms with Gasteiger partial charge in [0, 0.05) is 37.0 Å². The second-order valence-corrected chi connectivity index (χ2v) is 5.45. The molecule has 1 unspecified atom stereocenters. The van der Waals surface area contributed by atoms with E-state index in [1.54, 1.807) is 12.1 Å². The van der Waals surface area contributed by atoms with Crippen molar-refractivity contribution in [3.8, 4) is 5.75 Å². The van der Waals surface area contributed by atoms with Crippen LogP contribution in [0.4, 0.5) is 11.4 Å². The van der Waals surface area contributed by atoms with Crippen LogP contribution in [0.25, 0.3) is 0 Å². The van der Waals surface area contributed by atoms with E-state index in [4.69, 9.17) is 4.74 Å². The van der Waals surface area contributed by atoms with Crippen LogP contribution >= 0.6 is 0 Å². The molecule has 1 aliphatic heterocycles. The predicted molar refractivity (Wildman–Crippen MR) is 83.0 cm³/mol. The number of nitro groups is 1. The zero-order valence-corrected chi connectivity index (χ0v) is 12.7. The van der Waals surface area contributed by atoms with Crippen LogP contribution in [-0.4, -0.2) is 42.6 Å². The molecule has 0 bridgehead atoms. The number of piperidine rings is 1. The van der Waals surface area contributed by atoms with Crippen molar-refractivity contribution >= 4 is 11.4 Å². The maximum Gasteiger partial charge on any atom is 0.311 e. The third-order valence-corrected chi connectivity index (χ3v) is 4.05. The predicted octanol–water partition coefficient (Wildman–Crippen LogP) is 2.89. The lowest BCUT2D eigenvalue weighted by Gasteiger charge is -2.33. The molecule has 116 valence electrons. The van der Waals surface area contributed by atoms with E-state index in [1.807, 2.05) is 0 Å². The van der Waals surface area contributed by atoms with Gasteiger partial charge in [-0.3, -0.25) is 15.0 Å². The van der Waals surface area contributed by atoms with Gasteiger partial charge >= 0.3 is 5.69 Å². The molecule has 1 saturated heterocycles. The van der Waals surface area contributed by atoms with Crippen LogP contribution in [-0.2, 0) is 0 Å². The standard InChI is InChI=1S/C15H23N3O3/c1-12-5-3-4-9-17(12)10-8-16-13-6-7-14(18(19)20)15(11-13)21-2/h6-7,11-12,16H,3-5,8-10H2,1-2H3. The highest BCUT2D eigenvalue weighted by atomic mass is 16.6. The number of methoxy groups -OCH3 is 1. The summed E-state index contributed by atoms with van der Waals surface area (Å²) in [6.07, 6.45) is 3.87. The van der Waals surface area contributed by atoms with E-state index in [1.165, 1.54) is 32.4 Å². The van der Waals surface area contributed by atoms with Crippen molar-refractivity contribution in [3.63, 3.8) is 0 Å². The number of hydrogen-bond acceptors (Lipinski definition) is 5. The van der Waals surface area contributed by atoms with Gasteiger partial charge in [-0.1, -0.05) is 6.42 Å². The molecule has 0 spiro atoms. The van der Waals surface area contributed by atoms with Crippen LogP contribution in [0.3, 0.4) is 0 Å². The summed E-state index contributed by atoms with van der Waals surface area (Å²) in [5.41, 5.74) is 0.842. The van der Waals surface area contributed by atoms with E-state index in [0.29, 0.717) is 6.04 Å². The maximum atomic E-state index is 10.8. The molecule has 0 radical (unpaired) electrons. The molecule has 1 aromatic rings. The second-order valence-electron chi connectivity index (χ2n) is 5.45. The number of rotatable bonds is 6. The SMILES string of the molecule is COc1cc(NCCN2CCCCC2C)ccc1[N+](=O)[O-]. The molecule has 1 N–H and O–H groups in total. The van der Waals surface area contributed by atoms with Gasteiger partial charge in [-0.05, 0) is 32.4 Å². The van der Waals surface area contributed by atoms with Crippen LogP contribution in [0.1, 0.15) is 26.2 Å². The third-order valence-electron chi connectivity index (χ3n) is 4.05. The van der Waals surface area contributed by atoms with Gasteiger partial charge in [0.1, 0.15) is 0 Å². The number of hydrogen-bond donors (Lipinski definition) is 1. The van der Waals surface area contributed by atoms with Gasteiger partial charge in [-0.2, -0.15) is 0 Å². The number of ether oxygens (including phenoxy) is 1. The van der Waals surface area contributed by atoms with E-state index in [0.717, 1.165) is 25.3 Å². The lowest BCUT2D eigenvalue weighted by atomic mass is 10.0. The van der Waals surface area contributed by atoms with E-state index in [9.17, 15) is 10.1 Å². The molecule has 6 nitrogen and oxygen atoms in total. The minimum atomic E-state index is -0.433. The summed E-state index contributed by atoms with van der Waals surface area (Å²) in [5.74, 6) is 0.288. The molecular formula is C15H23N3O3. The topological polar surface area (TPSA) is 67.6 Å². The first-order valence-corrected chi connectivity index (χ1v) is 7.42. The van der Waals surface area contributed by atoms with Gasteiger partial charge in [-0.25, -0.2) is 0 Å². The summed E-state index contributed by atoms with van der Waals surface area (Å²) in [7, 11) is 1.45. The van der Waals surface area contributed by atoms with Crippen LogP contribution in [0, 0.1) is 10.1 Å². The smallest absolute Gasteiger partial charge is 0.311 e. The Hall–Kier alpha value is -1.82. The fourth-order valence-electron chi connectivity index (χ4n) is 2.77. The normalized spacial score (nSPS) is 19.2. The minimum absolute atomic E-state index is 0.00676. The molecular weight excluding hydrogens is 270 g/mol. The number of anilines is 1. The average molecular weight is 293 g/mol. The Morgan fingerprint density at radius 3 is 2.95 bits per heavy atom. The number of nitrogens with one attached hydrogen (secondary N) is 1. The Morgan fingerprint density at radius 1 is 1.48 bits per heavy atom. The molecule has 1 heterocycles. The largest absolute Gasteiger partial charge is 0.490 e. The Balaban J connectivity index is 1.89. The van der Waals surface area contributed by atoms with Crippen molar-refractivity contribution in [2.24, 2.45) is 0 Å². The van der Waals surface area contributed by atoms with Crippen molar-refractivity contribution in [2.75, 3.05) is 32.1 Å². The molecule has 0 saturated carbocycles. The Bertz CT molecular complexity index is 493. The molecule has 0 aromatic heterocycles. The fourth-order valence-corrected chi connectivity index (χ4v) is 2.77. The van der Waals surface area contributed by atoms with E-state index in [-0.39, 0.29) is 11.4 Å². The maximum absolute atomic E-state index is 10.8. The lowest BCUT2D eigenvalue weighted by Crippen LogP contribution is -2.40. The van der Waals surface area contributed by atoms with Crippen molar-refractivity contribution in [1.82, 2.24) is 4.90 Å². The van der Waals surface area contributed by atoms with Crippen LogP contribution in [0.15, 0.2) is 18.2 Å². The Labute approximate surface area is 125 Å². The van der Waals surface area contributed by atoms with Gasteiger partial charge in [0.05, 0.1) is 12.0 Å². The molecule has 1 atom stereocenters. The summed E-state index contributed by atoms with van der Waals surface area (Å²) in [5, 5.41) is 14.2. The molecule has 6 heteroatoms. The average Bonchev–Trinajstić information content (AvgIpc) is 2.48. The van der Waals surface area contributed by atoms with Crippen molar-refractivity contribution in [2.45, 2.75) is 32.2 Å². The van der Waals surface area contributed by atoms with E-state index in [2.05, 4.69) is 17.1 Å². The summed E-state index contributed by atoms with van der Waals surface area (Å²) in [4.78, 5) is 12.9. The molecule has 0 aliphatic carbocycles.